The largest absolute Gasteiger partial charge is 0.311 e. The first kappa shape index (κ1) is 15.9. The predicted octanol–water partition coefficient (Wildman–Crippen LogP) is 4.26. The highest BCUT2D eigenvalue weighted by molar-refractivity contribution is 5.28. The van der Waals surface area contributed by atoms with Gasteiger partial charge in [0.1, 0.15) is 5.82 Å². The Morgan fingerprint density at radius 2 is 1.89 bits per heavy atom. The Kier molecular flexibility index (Phi) is 4.92. The van der Waals surface area contributed by atoms with Gasteiger partial charge in [-0.05, 0) is 57.4 Å². The number of aryl methyl sites for hydroxylation is 1. The zero-order valence-corrected chi connectivity index (χ0v) is 12.8. The molecule has 106 valence electrons. The summed E-state index contributed by atoms with van der Waals surface area (Å²) < 4.78 is 13.1. The van der Waals surface area contributed by atoms with E-state index in [1.54, 1.807) is 6.07 Å². The average Bonchev–Trinajstić information content (AvgIpc) is 2.30. The van der Waals surface area contributed by atoms with Crippen LogP contribution in [0.3, 0.4) is 0 Å². The monoisotopic (exact) mass is 263 g/mol. The zero-order chi connectivity index (χ0) is 14.7. The Hall–Kier alpha value is -1.15. The molecule has 19 heavy (non-hydrogen) atoms. The minimum atomic E-state index is -0.172. The first-order valence-electron chi connectivity index (χ1n) is 6.79. The zero-order valence-electron chi connectivity index (χ0n) is 12.8. The number of hydrogen-bond donors (Lipinski definition) is 1. The summed E-state index contributed by atoms with van der Waals surface area (Å²) in [6, 6.07) is 5.00. The predicted molar refractivity (Wildman–Crippen MR) is 80.9 cm³/mol. The molecule has 0 aromatic heterocycles. The van der Waals surface area contributed by atoms with Gasteiger partial charge in [-0.3, -0.25) is 0 Å². The minimum Gasteiger partial charge on any atom is -0.311 e. The van der Waals surface area contributed by atoms with Crippen LogP contribution in [0.2, 0.25) is 0 Å². The third-order valence-corrected chi connectivity index (χ3v) is 3.41. The number of rotatable bonds is 5. The second-order valence-corrected chi connectivity index (χ2v) is 6.71. The first-order chi connectivity index (χ1) is 8.65. The van der Waals surface area contributed by atoms with E-state index in [1.807, 2.05) is 19.1 Å². The molecular formula is C17H26FN. The van der Waals surface area contributed by atoms with E-state index < -0.39 is 0 Å². The molecule has 0 aliphatic heterocycles. The van der Waals surface area contributed by atoms with E-state index in [1.165, 1.54) is 11.6 Å². The fourth-order valence-corrected chi connectivity index (χ4v) is 1.97. The van der Waals surface area contributed by atoms with E-state index in [2.05, 4.69) is 39.6 Å². The number of halogens is 1. The minimum absolute atomic E-state index is 0.0319. The van der Waals surface area contributed by atoms with Gasteiger partial charge in [0, 0.05) is 17.5 Å². The van der Waals surface area contributed by atoms with Gasteiger partial charge in [0.25, 0.3) is 0 Å². The lowest BCUT2D eigenvalue weighted by molar-refractivity contribution is 0.322. The van der Waals surface area contributed by atoms with Crippen LogP contribution in [0.25, 0.3) is 0 Å². The van der Waals surface area contributed by atoms with Crippen molar-refractivity contribution >= 4 is 0 Å². The van der Waals surface area contributed by atoms with Gasteiger partial charge < -0.3 is 5.32 Å². The lowest BCUT2D eigenvalue weighted by Crippen LogP contribution is -2.43. The summed E-state index contributed by atoms with van der Waals surface area (Å²) in [6.45, 7) is 15.4. The Bertz CT molecular complexity index is 445. The lowest BCUT2D eigenvalue weighted by Gasteiger charge is -2.31. The number of hydrogen-bond acceptors (Lipinski definition) is 1. The molecule has 2 heteroatoms. The molecule has 0 bridgehead atoms. The van der Waals surface area contributed by atoms with Gasteiger partial charge in [-0.25, -0.2) is 4.39 Å². The highest BCUT2D eigenvalue weighted by atomic mass is 19.1. The van der Waals surface area contributed by atoms with Crippen molar-refractivity contribution in [3.63, 3.8) is 0 Å². The molecule has 1 atom stereocenters. The van der Waals surface area contributed by atoms with Crippen molar-refractivity contribution in [1.82, 2.24) is 5.32 Å². The van der Waals surface area contributed by atoms with Crippen LogP contribution in [0.15, 0.2) is 30.9 Å². The molecule has 1 N–H and O–H groups in total. The van der Waals surface area contributed by atoms with Crippen molar-refractivity contribution < 1.29 is 4.39 Å². The number of nitrogens with one attached hydrogen (secondary N) is 1. The molecule has 0 fully saturated rings. The van der Waals surface area contributed by atoms with Crippen LogP contribution in [0.4, 0.5) is 4.39 Å². The van der Waals surface area contributed by atoms with Crippen LogP contribution in [-0.2, 0) is 6.42 Å². The molecule has 0 amide bonds. The highest BCUT2D eigenvalue weighted by Gasteiger charge is 2.24. The molecule has 1 aromatic carbocycles. The van der Waals surface area contributed by atoms with E-state index in [4.69, 9.17) is 0 Å². The van der Waals surface area contributed by atoms with E-state index in [9.17, 15) is 4.39 Å². The summed E-state index contributed by atoms with van der Waals surface area (Å²) in [4.78, 5) is 0. The molecule has 0 radical (unpaired) electrons. The van der Waals surface area contributed by atoms with Gasteiger partial charge in [0.05, 0.1) is 0 Å². The second-order valence-electron chi connectivity index (χ2n) is 6.71. The normalized spacial score (nSPS) is 15.1. The smallest absolute Gasteiger partial charge is 0.123 e. The van der Waals surface area contributed by atoms with E-state index in [0.717, 1.165) is 18.5 Å². The molecule has 0 heterocycles. The fraction of sp³-hybridized carbons (Fsp3) is 0.529. The maximum absolute atomic E-state index is 13.1. The van der Waals surface area contributed by atoms with Crippen LogP contribution in [0, 0.1) is 18.2 Å². The molecule has 1 rings (SSSR count). The quantitative estimate of drug-likeness (QED) is 0.783. The van der Waals surface area contributed by atoms with E-state index >= 15 is 0 Å². The standard InChI is InChI=1S/C17H26FN/c1-7-17(6,12-19-16(3,4)5)11-14-8-9-15(18)10-13(14)2/h7-10,19H,1,11-12H2,2-6H3. The van der Waals surface area contributed by atoms with Crippen molar-refractivity contribution in [2.24, 2.45) is 5.41 Å². The summed E-state index contributed by atoms with van der Waals surface area (Å²) in [5, 5.41) is 3.52. The van der Waals surface area contributed by atoms with Crippen LogP contribution in [0.1, 0.15) is 38.8 Å². The van der Waals surface area contributed by atoms with Crippen molar-refractivity contribution in [2.45, 2.75) is 46.6 Å². The molecule has 1 nitrogen and oxygen atoms in total. The van der Waals surface area contributed by atoms with Crippen LogP contribution in [0.5, 0.6) is 0 Å². The van der Waals surface area contributed by atoms with Gasteiger partial charge in [0.2, 0.25) is 0 Å². The molecule has 0 aliphatic carbocycles. The molecule has 0 aliphatic rings. The number of benzene rings is 1. The Morgan fingerprint density at radius 3 is 2.37 bits per heavy atom. The topological polar surface area (TPSA) is 12.0 Å². The third-order valence-electron chi connectivity index (χ3n) is 3.41. The van der Waals surface area contributed by atoms with Gasteiger partial charge in [-0.1, -0.05) is 19.1 Å². The van der Waals surface area contributed by atoms with E-state index in [-0.39, 0.29) is 16.8 Å². The first-order valence-corrected chi connectivity index (χ1v) is 6.79. The highest BCUT2D eigenvalue weighted by Crippen LogP contribution is 2.26. The van der Waals surface area contributed by atoms with Crippen molar-refractivity contribution in [2.75, 3.05) is 6.54 Å². The summed E-state index contributed by atoms with van der Waals surface area (Å²) in [5.74, 6) is -0.172. The molecule has 1 aromatic rings. The van der Waals surface area contributed by atoms with Gasteiger partial charge >= 0.3 is 0 Å². The summed E-state index contributed by atoms with van der Waals surface area (Å²) in [7, 11) is 0. The third kappa shape index (κ3) is 5.15. The molecular weight excluding hydrogens is 237 g/mol. The average molecular weight is 263 g/mol. The molecule has 0 saturated carbocycles. The molecule has 0 saturated heterocycles. The second kappa shape index (κ2) is 5.87. The Labute approximate surface area is 116 Å². The maximum Gasteiger partial charge on any atom is 0.123 e. The summed E-state index contributed by atoms with van der Waals surface area (Å²) in [6.07, 6.45) is 2.86. The fourth-order valence-electron chi connectivity index (χ4n) is 1.97. The molecule has 1 unspecified atom stereocenters. The van der Waals surface area contributed by atoms with Crippen molar-refractivity contribution in [1.29, 1.82) is 0 Å². The van der Waals surface area contributed by atoms with Gasteiger partial charge in [-0.15, -0.1) is 6.58 Å². The maximum atomic E-state index is 13.1. The summed E-state index contributed by atoms with van der Waals surface area (Å²) in [5.41, 5.74) is 2.24. The van der Waals surface area contributed by atoms with Gasteiger partial charge in [-0.2, -0.15) is 0 Å². The molecule has 0 spiro atoms. The van der Waals surface area contributed by atoms with Crippen LogP contribution < -0.4 is 5.32 Å². The summed E-state index contributed by atoms with van der Waals surface area (Å²) >= 11 is 0. The van der Waals surface area contributed by atoms with Crippen LogP contribution >= 0.6 is 0 Å². The van der Waals surface area contributed by atoms with Crippen molar-refractivity contribution in [3.8, 4) is 0 Å². The SMILES string of the molecule is C=CC(C)(CNC(C)(C)C)Cc1ccc(F)cc1C. The Balaban J connectivity index is 2.82. The Morgan fingerprint density at radius 1 is 1.26 bits per heavy atom. The lowest BCUT2D eigenvalue weighted by atomic mass is 9.82. The van der Waals surface area contributed by atoms with Gasteiger partial charge in [0.15, 0.2) is 0 Å². The van der Waals surface area contributed by atoms with E-state index in [0.29, 0.717) is 0 Å². The van der Waals surface area contributed by atoms with Crippen molar-refractivity contribution in [3.05, 3.63) is 47.8 Å². The van der Waals surface area contributed by atoms with Crippen LogP contribution in [-0.4, -0.2) is 12.1 Å².